The van der Waals surface area contributed by atoms with Crippen LogP contribution < -0.4 is 10.6 Å². The molecule has 3 amide bonds. The number of aryl methyl sites for hydroxylation is 2. The summed E-state index contributed by atoms with van der Waals surface area (Å²) in [4.78, 5) is 39.3. The summed E-state index contributed by atoms with van der Waals surface area (Å²) in [6.07, 6.45) is 2.09. The number of carbonyl (C=O) groups excluding carboxylic acids is 3. The largest absolute Gasteiger partial charge is 0.444 e. The van der Waals surface area contributed by atoms with Gasteiger partial charge < -0.3 is 20.3 Å². The summed E-state index contributed by atoms with van der Waals surface area (Å²) in [5.41, 5.74) is 1.80. The standard InChI is InChI=1S/C24H36N4O4/c1-7-8-9-13-26-22(30)21(19-11-10-17(2)15-18(19)3)28(14-12-25)20(29)16-27-23(31)32-24(4,5)6/h10-11,15,21H,7-9,13-14,16H2,1-6H3,(H,26,30)(H,27,31). The van der Waals surface area contributed by atoms with E-state index >= 15 is 0 Å². The van der Waals surface area contributed by atoms with E-state index in [0.717, 1.165) is 30.4 Å². The van der Waals surface area contributed by atoms with Gasteiger partial charge in [0.05, 0.1) is 6.07 Å². The van der Waals surface area contributed by atoms with Crippen LogP contribution in [-0.2, 0) is 14.3 Å². The number of amides is 3. The minimum absolute atomic E-state index is 0.296. The molecule has 0 bridgehead atoms. The zero-order valence-corrected chi connectivity index (χ0v) is 20.1. The Balaban J connectivity index is 3.14. The second-order valence-electron chi connectivity index (χ2n) is 8.80. The normalized spacial score (nSPS) is 11.8. The van der Waals surface area contributed by atoms with Crippen LogP contribution in [-0.4, -0.2) is 48.0 Å². The third-order valence-corrected chi connectivity index (χ3v) is 4.70. The molecule has 0 saturated heterocycles. The third-order valence-electron chi connectivity index (χ3n) is 4.70. The molecule has 0 aliphatic carbocycles. The van der Waals surface area contributed by atoms with Crippen molar-refractivity contribution in [3.8, 4) is 6.07 Å². The van der Waals surface area contributed by atoms with Crippen LogP contribution in [0.15, 0.2) is 18.2 Å². The van der Waals surface area contributed by atoms with E-state index in [1.54, 1.807) is 26.8 Å². The van der Waals surface area contributed by atoms with Gasteiger partial charge in [-0.25, -0.2) is 4.79 Å². The van der Waals surface area contributed by atoms with Gasteiger partial charge in [0.25, 0.3) is 0 Å². The highest BCUT2D eigenvalue weighted by molar-refractivity contribution is 5.90. The van der Waals surface area contributed by atoms with Crippen molar-refractivity contribution in [2.75, 3.05) is 19.6 Å². The van der Waals surface area contributed by atoms with E-state index in [0.29, 0.717) is 12.1 Å². The van der Waals surface area contributed by atoms with Crippen LogP contribution in [0.4, 0.5) is 4.79 Å². The van der Waals surface area contributed by atoms with Crippen molar-refractivity contribution in [3.05, 3.63) is 34.9 Å². The number of ether oxygens (including phenoxy) is 1. The van der Waals surface area contributed by atoms with Gasteiger partial charge in [0.2, 0.25) is 11.8 Å². The first kappa shape index (κ1) is 27.0. The third kappa shape index (κ3) is 8.96. The number of unbranched alkanes of at least 4 members (excludes halogenated alkanes) is 2. The minimum Gasteiger partial charge on any atom is -0.444 e. The average Bonchev–Trinajstić information content (AvgIpc) is 2.69. The second kappa shape index (κ2) is 12.7. The fourth-order valence-electron chi connectivity index (χ4n) is 3.23. The van der Waals surface area contributed by atoms with E-state index < -0.39 is 23.6 Å². The van der Waals surface area contributed by atoms with Crippen molar-refractivity contribution >= 4 is 17.9 Å². The number of benzene rings is 1. The van der Waals surface area contributed by atoms with Crippen LogP contribution >= 0.6 is 0 Å². The Morgan fingerprint density at radius 3 is 2.41 bits per heavy atom. The molecule has 0 spiro atoms. The first-order valence-corrected chi connectivity index (χ1v) is 11.0. The summed E-state index contributed by atoms with van der Waals surface area (Å²) in [5, 5.41) is 14.7. The lowest BCUT2D eigenvalue weighted by Crippen LogP contribution is -2.48. The number of nitriles is 1. The summed E-state index contributed by atoms with van der Waals surface area (Å²) in [5.74, 6) is -0.903. The van der Waals surface area contributed by atoms with Gasteiger partial charge in [0, 0.05) is 6.54 Å². The van der Waals surface area contributed by atoms with Crippen LogP contribution in [0.5, 0.6) is 0 Å². The highest BCUT2D eigenvalue weighted by Crippen LogP contribution is 2.25. The van der Waals surface area contributed by atoms with Crippen molar-refractivity contribution in [1.29, 1.82) is 5.26 Å². The maximum absolute atomic E-state index is 13.2. The molecular weight excluding hydrogens is 408 g/mol. The zero-order valence-electron chi connectivity index (χ0n) is 20.1. The molecule has 0 aromatic heterocycles. The fraction of sp³-hybridized carbons (Fsp3) is 0.583. The SMILES string of the molecule is CCCCCNC(=O)C(c1ccc(C)cc1C)N(CC#N)C(=O)CNC(=O)OC(C)(C)C. The Morgan fingerprint density at radius 1 is 1.16 bits per heavy atom. The second-order valence-corrected chi connectivity index (χ2v) is 8.80. The van der Waals surface area contributed by atoms with E-state index in [1.807, 2.05) is 32.0 Å². The molecule has 1 aromatic carbocycles. The summed E-state index contributed by atoms with van der Waals surface area (Å²) in [6, 6.07) is 6.59. The summed E-state index contributed by atoms with van der Waals surface area (Å²) in [7, 11) is 0. The molecule has 0 heterocycles. The maximum atomic E-state index is 13.2. The number of alkyl carbamates (subject to hydrolysis) is 1. The Labute approximate surface area is 191 Å². The summed E-state index contributed by atoms with van der Waals surface area (Å²) < 4.78 is 5.16. The maximum Gasteiger partial charge on any atom is 0.408 e. The predicted molar refractivity (Wildman–Crippen MR) is 123 cm³/mol. The molecule has 0 saturated carbocycles. The Hall–Kier alpha value is -3.08. The first-order valence-electron chi connectivity index (χ1n) is 11.0. The molecule has 1 aromatic rings. The lowest BCUT2D eigenvalue weighted by molar-refractivity contribution is -0.139. The first-order chi connectivity index (χ1) is 15.0. The van der Waals surface area contributed by atoms with Gasteiger partial charge in [-0.1, -0.05) is 43.5 Å². The smallest absolute Gasteiger partial charge is 0.408 e. The van der Waals surface area contributed by atoms with Crippen LogP contribution in [0.3, 0.4) is 0 Å². The van der Waals surface area contributed by atoms with Gasteiger partial charge in [-0.2, -0.15) is 5.26 Å². The van der Waals surface area contributed by atoms with Gasteiger partial charge in [-0.3, -0.25) is 9.59 Å². The minimum atomic E-state index is -0.982. The predicted octanol–water partition coefficient (Wildman–Crippen LogP) is 3.53. The molecule has 1 atom stereocenters. The van der Waals surface area contributed by atoms with E-state index in [2.05, 4.69) is 17.6 Å². The quantitative estimate of drug-likeness (QED) is 0.424. The van der Waals surface area contributed by atoms with Crippen molar-refractivity contribution in [2.45, 2.75) is 72.4 Å². The topological polar surface area (TPSA) is 112 Å². The van der Waals surface area contributed by atoms with Gasteiger partial charge >= 0.3 is 6.09 Å². The van der Waals surface area contributed by atoms with E-state index in [1.165, 1.54) is 4.90 Å². The van der Waals surface area contributed by atoms with Crippen LogP contribution in [0.25, 0.3) is 0 Å². The van der Waals surface area contributed by atoms with Gasteiger partial charge in [-0.05, 0) is 52.2 Å². The molecular formula is C24H36N4O4. The van der Waals surface area contributed by atoms with Crippen molar-refractivity contribution in [1.82, 2.24) is 15.5 Å². The van der Waals surface area contributed by atoms with Gasteiger partial charge in [0.1, 0.15) is 24.7 Å². The molecule has 8 nitrogen and oxygen atoms in total. The van der Waals surface area contributed by atoms with Gasteiger partial charge in [-0.15, -0.1) is 0 Å². The van der Waals surface area contributed by atoms with Crippen LogP contribution in [0, 0.1) is 25.2 Å². The van der Waals surface area contributed by atoms with E-state index in [4.69, 9.17) is 4.74 Å². The lowest BCUT2D eigenvalue weighted by Gasteiger charge is -2.30. The van der Waals surface area contributed by atoms with Gasteiger partial charge in [0.15, 0.2) is 0 Å². The van der Waals surface area contributed by atoms with Crippen LogP contribution in [0.1, 0.15) is 69.7 Å². The van der Waals surface area contributed by atoms with Crippen molar-refractivity contribution in [2.24, 2.45) is 0 Å². The molecule has 0 aliphatic heterocycles. The monoisotopic (exact) mass is 444 g/mol. The number of hydrogen-bond acceptors (Lipinski definition) is 5. The Kier molecular flexibility index (Phi) is 10.7. The zero-order chi connectivity index (χ0) is 24.3. The molecule has 32 heavy (non-hydrogen) atoms. The Morgan fingerprint density at radius 2 is 1.84 bits per heavy atom. The molecule has 8 heteroatoms. The lowest BCUT2D eigenvalue weighted by atomic mass is 9.97. The highest BCUT2D eigenvalue weighted by atomic mass is 16.6. The molecule has 0 radical (unpaired) electrons. The van der Waals surface area contributed by atoms with E-state index in [-0.39, 0.29) is 19.0 Å². The highest BCUT2D eigenvalue weighted by Gasteiger charge is 2.32. The Bertz CT molecular complexity index is 839. The molecule has 0 aliphatic rings. The summed E-state index contributed by atoms with van der Waals surface area (Å²) in [6.45, 7) is 10.8. The van der Waals surface area contributed by atoms with Crippen molar-refractivity contribution < 1.29 is 19.1 Å². The number of hydrogen-bond donors (Lipinski definition) is 2. The molecule has 1 unspecified atom stereocenters. The molecule has 176 valence electrons. The number of nitrogens with one attached hydrogen (secondary N) is 2. The molecule has 1 rings (SSSR count). The average molecular weight is 445 g/mol. The molecule has 2 N–H and O–H groups in total. The number of rotatable bonds is 10. The fourth-order valence-corrected chi connectivity index (χ4v) is 3.23. The number of carbonyl (C=O) groups is 3. The summed E-state index contributed by atoms with van der Waals surface area (Å²) >= 11 is 0. The molecule has 0 fully saturated rings. The van der Waals surface area contributed by atoms with Crippen molar-refractivity contribution in [3.63, 3.8) is 0 Å². The number of nitrogens with zero attached hydrogens (tertiary/aromatic N) is 2. The van der Waals surface area contributed by atoms with E-state index in [9.17, 15) is 19.6 Å². The van der Waals surface area contributed by atoms with Crippen LogP contribution in [0.2, 0.25) is 0 Å².